The highest BCUT2D eigenvalue weighted by Gasteiger charge is 2.42. The maximum Gasteiger partial charge on any atom is 0.436 e. The fourth-order valence-corrected chi connectivity index (χ4v) is 4.00. The molecule has 0 unspecified atom stereocenters. The van der Waals surface area contributed by atoms with Crippen molar-refractivity contribution in [3.63, 3.8) is 0 Å². The van der Waals surface area contributed by atoms with Gasteiger partial charge < -0.3 is 10.1 Å². The predicted octanol–water partition coefficient (Wildman–Crippen LogP) is 6.39. The Morgan fingerprint density at radius 3 is 2.60 bits per heavy atom. The van der Waals surface area contributed by atoms with Crippen LogP contribution in [-0.4, -0.2) is 20.6 Å². The zero-order chi connectivity index (χ0) is 25.5. The minimum Gasteiger partial charge on any atom is -0.457 e. The summed E-state index contributed by atoms with van der Waals surface area (Å²) in [5, 5.41) is 16.9. The first-order chi connectivity index (χ1) is 16.4. The van der Waals surface area contributed by atoms with Crippen molar-refractivity contribution in [1.29, 1.82) is 0 Å². The third-order valence-electron chi connectivity index (χ3n) is 5.41. The Kier molecular flexibility index (Phi) is 6.46. The average Bonchev–Trinajstić information content (AvgIpc) is 3.53. The van der Waals surface area contributed by atoms with E-state index in [1.165, 1.54) is 12.1 Å². The Balaban J connectivity index is 1.59. The molecule has 0 spiro atoms. The number of carbonyl (C=O) groups is 1. The van der Waals surface area contributed by atoms with Crippen LogP contribution in [0.3, 0.4) is 0 Å². The highest BCUT2D eigenvalue weighted by Crippen LogP contribution is 2.47. The van der Waals surface area contributed by atoms with Crippen LogP contribution in [0.5, 0.6) is 11.5 Å². The number of nitrogens with zero attached hydrogens (tertiary/aromatic N) is 3. The minimum atomic E-state index is -4.76. The van der Waals surface area contributed by atoms with Gasteiger partial charge in [-0.25, -0.2) is 0 Å². The molecule has 1 aliphatic rings. The van der Waals surface area contributed by atoms with Crippen LogP contribution in [0.15, 0.2) is 36.4 Å². The summed E-state index contributed by atoms with van der Waals surface area (Å²) in [6.45, 7) is 3.14. The second-order valence-corrected chi connectivity index (χ2v) is 8.75. The van der Waals surface area contributed by atoms with Crippen molar-refractivity contribution < 1.29 is 27.6 Å². The van der Waals surface area contributed by atoms with E-state index in [9.17, 15) is 28.1 Å². The highest BCUT2D eigenvalue weighted by molar-refractivity contribution is 6.32. The van der Waals surface area contributed by atoms with Gasteiger partial charge in [0, 0.05) is 18.1 Å². The highest BCUT2D eigenvalue weighted by atomic mass is 35.5. The Morgan fingerprint density at radius 1 is 1.26 bits per heavy atom. The third-order valence-corrected chi connectivity index (χ3v) is 5.79. The molecular formula is C23H20ClF3N4O4. The number of aromatic nitrogens is 2. The SMILES string of the molecule is Cc1ccc(C)c(Oc2cc(NC(=O)Cn3nc(C(F)(F)F)c(Cl)c3C3CC3)cc([N+](=O)[O-])c2)c1. The lowest BCUT2D eigenvalue weighted by Gasteiger charge is -2.12. The summed E-state index contributed by atoms with van der Waals surface area (Å²) in [4.78, 5) is 23.5. The molecule has 0 bridgehead atoms. The smallest absolute Gasteiger partial charge is 0.436 e. The molecule has 1 N–H and O–H groups in total. The molecule has 1 amide bonds. The van der Waals surface area contributed by atoms with E-state index in [0.717, 1.165) is 21.9 Å². The Bertz CT molecular complexity index is 1320. The number of alkyl halides is 3. The molecule has 8 nitrogen and oxygen atoms in total. The summed E-state index contributed by atoms with van der Waals surface area (Å²) in [5.74, 6) is -0.321. The summed E-state index contributed by atoms with van der Waals surface area (Å²) < 4.78 is 46.6. The molecule has 2 aromatic carbocycles. The number of rotatable bonds is 7. The summed E-state index contributed by atoms with van der Waals surface area (Å²) in [7, 11) is 0. The fraction of sp³-hybridized carbons (Fsp3) is 0.304. The second kappa shape index (κ2) is 9.21. The predicted molar refractivity (Wildman–Crippen MR) is 122 cm³/mol. The molecule has 1 heterocycles. The van der Waals surface area contributed by atoms with E-state index in [-0.39, 0.29) is 28.7 Å². The van der Waals surface area contributed by atoms with Crippen molar-refractivity contribution in [2.75, 3.05) is 5.32 Å². The number of nitrogens with one attached hydrogen (secondary N) is 1. The number of anilines is 1. The number of hydrogen-bond acceptors (Lipinski definition) is 5. The van der Waals surface area contributed by atoms with E-state index in [1.54, 1.807) is 6.07 Å². The maximum atomic E-state index is 13.3. The zero-order valence-corrected chi connectivity index (χ0v) is 19.4. The van der Waals surface area contributed by atoms with E-state index < -0.39 is 34.3 Å². The van der Waals surface area contributed by atoms with Crippen molar-refractivity contribution in [1.82, 2.24) is 9.78 Å². The number of ether oxygens (including phenoxy) is 1. The largest absolute Gasteiger partial charge is 0.457 e. The first-order valence-electron chi connectivity index (χ1n) is 10.6. The monoisotopic (exact) mass is 508 g/mol. The van der Waals surface area contributed by atoms with Crippen LogP contribution in [0.1, 0.15) is 41.3 Å². The molecule has 184 valence electrons. The third kappa shape index (κ3) is 5.56. The zero-order valence-electron chi connectivity index (χ0n) is 18.6. The van der Waals surface area contributed by atoms with Gasteiger partial charge in [-0.2, -0.15) is 18.3 Å². The molecule has 0 radical (unpaired) electrons. The molecule has 35 heavy (non-hydrogen) atoms. The summed E-state index contributed by atoms with van der Waals surface area (Å²) in [6.07, 6.45) is -3.47. The van der Waals surface area contributed by atoms with Crippen LogP contribution in [0, 0.1) is 24.0 Å². The lowest BCUT2D eigenvalue weighted by molar-refractivity contribution is -0.384. The van der Waals surface area contributed by atoms with E-state index in [4.69, 9.17) is 16.3 Å². The van der Waals surface area contributed by atoms with Crippen molar-refractivity contribution in [3.05, 3.63) is 74.0 Å². The number of carbonyl (C=O) groups excluding carboxylic acids is 1. The lowest BCUT2D eigenvalue weighted by atomic mass is 10.1. The Labute approximate surface area is 202 Å². The number of nitro benzene ring substituents is 1. The lowest BCUT2D eigenvalue weighted by Crippen LogP contribution is -2.21. The van der Waals surface area contributed by atoms with Crippen LogP contribution >= 0.6 is 11.6 Å². The minimum absolute atomic E-state index is 0.0479. The van der Waals surface area contributed by atoms with Gasteiger partial charge in [0.15, 0.2) is 5.69 Å². The standard InChI is InChI=1S/C23H20ClF3N4O4/c1-12-3-4-13(2)18(7-12)35-17-9-15(8-16(10-17)31(33)34)28-19(32)11-30-21(14-5-6-14)20(24)22(29-30)23(25,26)27/h3-4,7-10,14H,5-6,11H2,1-2H3,(H,28,32). The molecule has 3 aromatic rings. The first kappa shape index (κ1) is 24.5. The molecular weight excluding hydrogens is 489 g/mol. The quantitative estimate of drug-likeness (QED) is 0.294. The van der Waals surface area contributed by atoms with Gasteiger partial charge in [0.05, 0.1) is 27.4 Å². The summed E-state index contributed by atoms with van der Waals surface area (Å²) in [6, 6.07) is 9.24. The average molecular weight is 509 g/mol. The number of hydrogen-bond donors (Lipinski definition) is 1. The molecule has 1 saturated carbocycles. The normalized spacial score (nSPS) is 13.5. The summed E-state index contributed by atoms with van der Waals surface area (Å²) in [5.41, 5.74) is 0.360. The molecule has 0 aliphatic heterocycles. The number of benzene rings is 2. The molecule has 1 fully saturated rings. The van der Waals surface area contributed by atoms with Crippen molar-refractivity contribution in [2.24, 2.45) is 0 Å². The number of halogens is 4. The van der Waals surface area contributed by atoms with Crippen LogP contribution in [0.4, 0.5) is 24.5 Å². The van der Waals surface area contributed by atoms with E-state index in [2.05, 4.69) is 10.4 Å². The second-order valence-electron chi connectivity index (χ2n) is 8.37. The topological polar surface area (TPSA) is 99.3 Å². The molecule has 0 atom stereocenters. The van der Waals surface area contributed by atoms with Gasteiger partial charge >= 0.3 is 6.18 Å². The number of amides is 1. The molecule has 0 saturated heterocycles. The van der Waals surface area contributed by atoms with Crippen LogP contribution in [-0.2, 0) is 17.5 Å². The van der Waals surface area contributed by atoms with Crippen LogP contribution in [0.2, 0.25) is 5.02 Å². The van der Waals surface area contributed by atoms with E-state index in [1.807, 2.05) is 26.0 Å². The Morgan fingerprint density at radius 2 is 1.97 bits per heavy atom. The molecule has 1 aromatic heterocycles. The summed E-state index contributed by atoms with van der Waals surface area (Å²) >= 11 is 5.94. The van der Waals surface area contributed by atoms with Crippen molar-refractivity contribution in [3.8, 4) is 11.5 Å². The first-order valence-corrected chi connectivity index (χ1v) is 11.0. The van der Waals surface area contributed by atoms with Gasteiger partial charge in [0.25, 0.3) is 5.69 Å². The number of aryl methyl sites for hydroxylation is 2. The van der Waals surface area contributed by atoms with E-state index in [0.29, 0.717) is 18.6 Å². The van der Waals surface area contributed by atoms with Gasteiger partial charge in [-0.3, -0.25) is 19.6 Å². The van der Waals surface area contributed by atoms with Gasteiger partial charge in [-0.05, 0) is 43.9 Å². The Hall–Kier alpha value is -3.60. The van der Waals surface area contributed by atoms with Gasteiger partial charge in [0.1, 0.15) is 18.0 Å². The van der Waals surface area contributed by atoms with E-state index >= 15 is 0 Å². The van der Waals surface area contributed by atoms with Crippen LogP contribution in [0.25, 0.3) is 0 Å². The number of non-ortho nitro benzene ring substituents is 1. The molecule has 4 rings (SSSR count). The molecule has 12 heteroatoms. The van der Waals surface area contributed by atoms with Crippen molar-refractivity contribution >= 4 is 28.9 Å². The van der Waals surface area contributed by atoms with Gasteiger partial charge in [-0.1, -0.05) is 23.7 Å². The molecule has 1 aliphatic carbocycles. The van der Waals surface area contributed by atoms with Crippen molar-refractivity contribution in [2.45, 2.75) is 45.3 Å². The fourth-order valence-electron chi connectivity index (χ4n) is 3.60. The van der Waals surface area contributed by atoms with Crippen LogP contribution < -0.4 is 10.1 Å². The number of nitro groups is 1. The van der Waals surface area contributed by atoms with Gasteiger partial charge in [0.2, 0.25) is 5.91 Å². The van der Waals surface area contributed by atoms with Gasteiger partial charge in [-0.15, -0.1) is 0 Å². The maximum absolute atomic E-state index is 13.3.